The number of carbonyl (C=O) groups excluding carboxylic acids is 2. The Morgan fingerprint density at radius 2 is 2.00 bits per heavy atom. The SMILES string of the molecule is Cc1cccc(CCCC2CCN(c3nccc(/C=C4\SC(=O)CC4=O)n3)CC2)n1. The van der Waals surface area contributed by atoms with E-state index >= 15 is 0 Å². The van der Waals surface area contributed by atoms with Crippen molar-refractivity contribution in [3.63, 3.8) is 0 Å². The van der Waals surface area contributed by atoms with E-state index in [4.69, 9.17) is 0 Å². The maximum atomic E-state index is 11.8. The largest absolute Gasteiger partial charge is 0.341 e. The third-order valence-corrected chi connectivity index (χ3v) is 6.57. The Morgan fingerprint density at radius 1 is 1.17 bits per heavy atom. The highest BCUT2D eigenvalue weighted by molar-refractivity contribution is 8.18. The summed E-state index contributed by atoms with van der Waals surface area (Å²) in [5.41, 5.74) is 2.95. The summed E-state index contributed by atoms with van der Waals surface area (Å²) in [4.78, 5) is 39.6. The number of allylic oxidation sites excluding steroid dienone is 1. The molecule has 0 radical (unpaired) electrons. The average molecular weight is 423 g/mol. The van der Waals surface area contributed by atoms with Crippen molar-refractivity contribution in [3.8, 4) is 0 Å². The number of carbonyl (C=O) groups is 2. The van der Waals surface area contributed by atoms with Crippen molar-refractivity contribution in [2.24, 2.45) is 5.92 Å². The third kappa shape index (κ3) is 5.33. The van der Waals surface area contributed by atoms with Crippen molar-refractivity contribution in [1.29, 1.82) is 0 Å². The summed E-state index contributed by atoms with van der Waals surface area (Å²) in [6.07, 6.45) is 9.13. The minimum atomic E-state index is -0.119. The molecule has 6 nitrogen and oxygen atoms in total. The minimum Gasteiger partial charge on any atom is -0.341 e. The summed E-state index contributed by atoms with van der Waals surface area (Å²) in [5, 5.41) is -0.0965. The molecule has 2 fully saturated rings. The highest BCUT2D eigenvalue weighted by Gasteiger charge is 2.26. The van der Waals surface area contributed by atoms with E-state index in [-0.39, 0.29) is 17.3 Å². The number of nitrogens with zero attached hydrogens (tertiary/aromatic N) is 4. The molecule has 2 aromatic rings. The number of hydrogen-bond donors (Lipinski definition) is 0. The van der Waals surface area contributed by atoms with Crippen LogP contribution in [-0.4, -0.2) is 38.9 Å². The van der Waals surface area contributed by atoms with Crippen LogP contribution < -0.4 is 4.90 Å². The monoisotopic (exact) mass is 422 g/mol. The topological polar surface area (TPSA) is 76.1 Å². The van der Waals surface area contributed by atoms with Crippen LogP contribution in [0.5, 0.6) is 0 Å². The number of rotatable bonds is 6. The lowest BCUT2D eigenvalue weighted by atomic mass is 9.91. The third-order valence-electron chi connectivity index (χ3n) is 5.64. The van der Waals surface area contributed by atoms with Gasteiger partial charge in [0.2, 0.25) is 11.1 Å². The smallest absolute Gasteiger partial charge is 0.225 e. The number of pyridine rings is 1. The van der Waals surface area contributed by atoms with E-state index < -0.39 is 0 Å². The van der Waals surface area contributed by atoms with Crippen LogP contribution in [0.2, 0.25) is 0 Å². The molecule has 0 bridgehead atoms. The van der Waals surface area contributed by atoms with Gasteiger partial charge in [0.05, 0.1) is 17.0 Å². The number of aryl methyl sites for hydroxylation is 2. The van der Waals surface area contributed by atoms with Crippen LogP contribution >= 0.6 is 11.8 Å². The molecule has 0 unspecified atom stereocenters. The molecule has 30 heavy (non-hydrogen) atoms. The Kier molecular flexibility index (Phi) is 6.57. The number of aromatic nitrogens is 3. The first-order valence-electron chi connectivity index (χ1n) is 10.5. The Balaban J connectivity index is 1.28. The van der Waals surface area contributed by atoms with Crippen molar-refractivity contribution >= 4 is 34.7 Å². The molecule has 2 aliphatic rings. The summed E-state index contributed by atoms with van der Waals surface area (Å²) in [6, 6.07) is 8.01. The first-order valence-corrected chi connectivity index (χ1v) is 11.3. The highest BCUT2D eigenvalue weighted by atomic mass is 32.2. The summed E-state index contributed by atoms with van der Waals surface area (Å²) < 4.78 is 0. The minimum absolute atomic E-state index is 0.0120. The van der Waals surface area contributed by atoms with Gasteiger partial charge in [0.25, 0.3) is 0 Å². The lowest BCUT2D eigenvalue weighted by Crippen LogP contribution is -2.35. The van der Waals surface area contributed by atoms with Crippen LogP contribution in [0.25, 0.3) is 6.08 Å². The van der Waals surface area contributed by atoms with Gasteiger partial charge >= 0.3 is 0 Å². The van der Waals surface area contributed by atoms with Gasteiger partial charge in [-0.25, -0.2) is 9.97 Å². The lowest BCUT2D eigenvalue weighted by Gasteiger charge is -2.32. The fourth-order valence-corrected chi connectivity index (χ4v) is 4.82. The van der Waals surface area contributed by atoms with E-state index in [1.54, 1.807) is 18.3 Å². The predicted molar refractivity (Wildman–Crippen MR) is 119 cm³/mol. The molecule has 0 atom stereocenters. The molecule has 2 aliphatic heterocycles. The van der Waals surface area contributed by atoms with Crippen molar-refractivity contribution in [2.75, 3.05) is 18.0 Å². The average Bonchev–Trinajstić information content (AvgIpc) is 3.05. The molecule has 0 spiro atoms. The van der Waals surface area contributed by atoms with Gasteiger partial charge in [-0.1, -0.05) is 6.07 Å². The van der Waals surface area contributed by atoms with Crippen LogP contribution in [0, 0.1) is 12.8 Å². The Labute approximate surface area is 181 Å². The van der Waals surface area contributed by atoms with Gasteiger partial charge in [0.1, 0.15) is 0 Å². The number of hydrogen-bond acceptors (Lipinski definition) is 7. The second-order valence-electron chi connectivity index (χ2n) is 7.96. The van der Waals surface area contributed by atoms with Crippen LogP contribution in [0.15, 0.2) is 35.4 Å². The Morgan fingerprint density at radius 3 is 2.73 bits per heavy atom. The summed E-state index contributed by atoms with van der Waals surface area (Å²) >= 11 is 1.01. The maximum absolute atomic E-state index is 11.8. The summed E-state index contributed by atoms with van der Waals surface area (Å²) in [5.74, 6) is 1.32. The second-order valence-corrected chi connectivity index (χ2v) is 9.06. The molecule has 0 aromatic carbocycles. The van der Waals surface area contributed by atoms with E-state index in [2.05, 4.69) is 32.0 Å². The number of piperidine rings is 1. The van der Waals surface area contributed by atoms with Gasteiger partial charge in [-0.3, -0.25) is 14.6 Å². The zero-order valence-corrected chi connectivity index (χ0v) is 18.0. The summed E-state index contributed by atoms with van der Waals surface area (Å²) in [6.45, 7) is 3.93. The molecule has 156 valence electrons. The molecule has 0 aliphatic carbocycles. The maximum Gasteiger partial charge on any atom is 0.225 e. The lowest BCUT2D eigenvalue weighted by molar-refractivity contribution is -0.119. The van der Waals surface area contributed by atoms with Crippen LogP contribution in [-0.2, 0) is 16.0 Å². The van der Waals surface area contributed by atoms with Gasteiger partial charge in [-0.05, 0) is 81.0 Å². The van der Waals surface area contributed by atoms with Gasteiger partial charge in [0.15, 0.2) is 5.78 Å². The predicted octanol–water partition coefficient (Wildman–Crippen LogP) is 3.99. The normalized spacial score (nSPS) is 19.1. The van der Waals surface area contributed by atoms with Crippen molar-refractivity contribution in [2.45, 2.75) is 45.4 Å². The van der Waals surface area contributed by atoms with Crippen molar-refractivity contribution in [1.82, 2.24) is 15.0 Å². The molecule has 4 rings (SSSR count). The van der Waals surface area contributed by atoms with Crippen molar-refractivity contribution < 1.29 is 9.59 Å². The fourth-order valence-electron chi connectivity index (χ4n) is 4.01. The first kappa shape index (κ1) is 20.7. The molecular formula is C23H26N4O2S. The van der Waals surface area contributed by atoms with Gasteiger partial charge < -0.3 is 4.90 Å². The molecule has 2 aromatic heterocycles. The molecule has 7 heteroatoms. The highest BCUT2D eigenvalue weighted by Crippen LogP contribution is 2.30. The van der Waals surface area contributed by atoms with Crippen molar-refractivity contribution in [3.05, 3.63) is 52.4 Å². The fraction of sp³-hybridized carbons (Fsp3) is 0.435. The van der Waals surface area contributed by atoms with E-state index in [1.807, 2.05) is 13.0 Å². The van der Waals surface area contributed by atoms with Gasteiger partial charge in [-0.2, -0.15) is 0 Å². The molecule has 4 heterocycles. The van der Waals surface area contributed by atoms with Crippen LogP contribution in [0.3, 0.4) is 0 Å². The number of ketones is 1. The number of thioether (sulfide) groups is 1. The number of anilines is 1. The first-order chi connectivity index (χ1) is 14.6. The molecule has 0 N–H and O–H groups in total. The zero-order chi connectivity index (χ0) is 20.9. The Hall–Kier alpha value is -2.54. The van der Waals surface area contributed by atoms with E-state index in [9.17, 15) is 9.59 Å². The number of Topliss-reactive ketones (excluding diaryl/α,β-unsaturated/α-hetero) is 1. The Bertz CT molecular complexity index is 967. The van der Waals surface area contributed by atoms with E-state index in [0.29, 0.717) is 16.5 Å². The molecule has 2 saturated heterocycles. The molecule has 0 saturated carbocycles. The van der Waals surface area contributed by atoms with Gasteiger partial charge in [0, 0.05) is 30.7 Å². The molecule has 0 amide bonds. The van der Waals surface area contributed by atoms with Gasteiger partial charge in [-0.15, -0.1) is 0 Å². The van der Waals surface area contributed by atoms with Crippen LogP contribution in [0.4, 0.5) is 5.95 Å². The quantitative estimate of drug-likeness (QED) is 0.514. The zero-order valence-electron chi connectivity index (χ0n) is 17.2. The van der Waals surface area contributed by atoms with E-state index in [0.717, 1.165) is 55.7 Å². The second kappa shape index (κ2) is 9.51. The van der Waals surface area contributed by atoms with Crippen LogP contribution in [0.1, 0.15) is 49.2 Å². The molecular weight excluding hydrogens is 396 g/mol. The summed E-state index contributed by atoms with van der Waals surface area (Å²) in [7, 11) is 0. The van der Waals surface area contributed by atoms with E-state index in [1.165, 1.54) is 18.5 Å². The standard InChI is InChI=1S/C23H26N4O2S/c1-16-4-2-6-18(25-16)7-3-5-17-9-12-27(13-10-17)23-24-11-8-19(26-23)14-21-20(28)15-22(29)30-21/h2,4,6,8,11,14,17H,3,5,7,9-10,12-13,15H2,1H3/b21-14-.